The van der Waals surface area contributed by atoms with E-state index in [0.717, 1.165) is 42.6 Å². The van der Waals surface area contributed by atoms with E-state index in [2.05, 4.69) is 17.4 Å². The predicted octanol–water partition coefficient (Wildman–Crippen LogP) is 3.10. The van der Waals surface area contributed by atoms with Gasteiger partial charge in [-0.15, -0.1) is 12.4 Å². The summed E-state index contributed by atoms with van der Waals surface area (Å²) in [5.74, 6) is 1.41. The fourth-order valence-corrected chi connectivity index (χ4v) is 3.30. The lowest BCUT2D eigenvalue weighted by Crippen LogP contribution is -2.44. The van der Waals surface area contributed by atoms with Crippen LogP contribution < -0.4 is 10.1 Å². The molecule has 0 aliphatic carbocycles. The van der Waals surface area contributed by atoms with Gasteiger partial charge in [0.25, 0.3) is 5.91 Å². The van der Waals surface area contributed by atoms with Crippen LogP contribution in [0.3, 0.4) is 0 Å². The molecule has 1 amide bonds. The third kappa shape index (κ3) is 4.40. The number of carbonyl (C=O) groups is 1. The number of carbonyl (C=O) groups excluding carboxylic acids is 1. The predicted molar refractivity (Wildman–Crippen MR) is 99.9 cm³/mol. The summed E-state index contributed by atoms with van der Waals surface area (Å²) >= 11 is 0. The Labute approximate surface area is 149 Å². The molecule has 1 unspecified atom stereocenters. The number of rotatable bonds is 5. The summed E-state index contributed by atoms with van der Waals surface area (Å²) in [6, 6.07) is 14.0. The maximum absolute atomic E-state index is 12.4. The molecule has 24 heavy (non-hydrogen) atoms. The first-order valence-corrected chi connectivity index (χ1v) is 8.31. The van der Waals surface area contributed by atoms with Crippen molar-refractivity contribution in [1.82, 2.24) is 10.2 Å². The Balaban J connectivity index is 0.00000208. The number of amides is 1. The second kappa shape index (κ2) is 8.90. The van der Waals surface area contributed by atoms with E-state index in [1.54, 1.807) is 0 Å². The molecular formula is C19H25ClN2O2. The Morgan fingerprint density at radius 3 is 2.88 bits per heavy atom. The van der Waals surface area contributed by atoms with E-state index >= 15 is 0 Å². The molecule has 1 heterocycles. The Hall–Kier alpha value is -1.78. The van der Waals surface area contributed by atoms with Gasteiger partial charge in [-0.25, -0.2) is 0 Å². The average Bonchev–Trinajstić information content (AvgIpc) is 2.60. The van der Waals surface area contributed by atoms with Crippen LogP contribution in [-0.2, 0) is 4.79 Å². The number of nitrogens with one attached hydrogen (secondary N) is 1. The van der Waals surface area contributed by atoms with Gasteiger partial charge in [0.1, 0.15) is 5.75 Å². The van der Waals surface area contributed by atoms with Crippen molar-refractivity contribution in [3.8, 4) is 5.75 Å². The van der Waals surface area contributed by atoms with Crippen molar-refractivity contribution < 1.29 is 9.53 Å². The van der Waals surface area contributed by atoms with Gasteiger partial charge in [0.2, 0.25) is 0 Å². The highest BCUT2D eigenvalue weighted by atomic mass is 35.5. The highest BCUT2D eigenvalue weighted by molar-refractivity contribution is 5.88. The maximum atomic E-state index is 12.4. The first-order chi connectivity index (χ1) is 11.3. The number of hydrogen-bond acceptors (Lipinski definition) is 3. The topological polar surface area (TPSA) is 41.6 Å². The van der Waals surface area contributed by atoms with E-state index in [0.29, 0.717) is 5.92 Å². The van der Waals surface area contributed by atoms with Gasteiger partial charge in [-0.1, -0.05) is 36.4 Å². The number of likely N-dealkylation sites (tertiary alicyclic amines) is 1. The summed E-state index contributed by atoms with van der Waals surface area (Å²) in [7, 11) is 1.96. The van der Waals surface area contributed by atoms with Crippen LogP contribution in [-0.4, -0.2) is 44.1 Å². The molecule has 1 aliphatic heterocycles. The van der Waals surface area contributed by atoms with Crippen molar-refractivity contribution in [3.63, 3.8) is 0 Å². The second-order valence-corrected chi connectivity index (χ2v) is 6.17. The molecule has 0 bridgehead atoms. The largest absolute Gasteiger partial charge is 0.483 e. The first-order valence-electron chi connectivity index (χ1n) is 8.31. The Morgan fingerprint density at radius 2 is 2.04 bits per heavy atom. The zero-order chi connectivity index (χ0) is 16.1. The van der Waals surface area contributed by atoms with Gasteiger partial charge in [-0.05, 0) is 43.8 Å². The third-order valence-electron chi connectivity index (χ3n) is 4.47. The molecule has 1 N–H and O–H groups in total. The molecule has 2 aromatic rings. The fraction of sp³-hybridized carbons (Fsp3) is 0.421. The molecule has 0 saturated carbocycles. The molecule has 1 atom stereocenters. The SMILES string of the molecule is CNCC1CCCN(C(=O)COc2cccc3ccccc23)C1.Cl. The fourth-order valence-electron chi connectivity index (χ4n) is 3.30. The van der Waals surface area contributed by atoms with Crippen molar-refractivity contribution in [1.29, 1.82) is 0 Å². The van der Waals surface area contributed by atoms with Gasteiger partial charge in [-0.3, -0.25) is 4.79 Å². The zero-order valence-electron chi connectivity index (χ0n) is 14.0. The number of halogens is 1. The van der Waals surface area contributed by atoms with Gasteiger partial charge in [-0.2, -0.15) is 0 Å². The summed E-state index contributed by atoms with van der Waals surface area (Å²) in [5.41, 5.74) is 0. The Kier molecular flexibility index (Phi) is 6.88. The zero-order valence-corrected chi connectivity index (χ0v) is 14.8. The molecule has 0 spiro atoms. The van der Waals surface area contributed by atoms with Crippen LogP contribution in [0.15, 0.2) is 42.5 Å². The molecule has 4 nitrogen and oxygen atoms in total. The number of ether oxygens (including phenoxy) is 1. The molecule has 0 aromatic heterocycles. The number of hydrogen-bond donors (Lipinski definition) is 1. The van der Waals surface area contributed by atoms with Crippen molar-refractivity contribution in [3.05, 3.63) is 42.5 Å². The van der Waals surface area contributed by atoms with Crippen LogP contribution in [0, 0.1) is 5.92 Å². The molecule has 130 valence electrons. The maximum Gasteiger partial charge on any atom is 0.260 e. The van der Waals surface area contributed by atoms with Crippen molar-refractivity contribution in [2.24, 2.45) is 5.92 Å². The van der Waals surface area contributed by atoms with Crippen LogP contribution in [0.2, 0.25) is 0 Å². The second-order valence-electron chi connectivity index (χ2n) is 6.17. The number of fused-ring (bicyclic) bond motifs is 1. The summed E-state index contributed by atoms with van der Waals surface area (Å²) in [6.07, 6.45) is 2.27. The molecule has 0 radical (unpaired) electrons. The lowest BCUT2D eigenvalue weighted by Gasteiger charge is -2.32. The van der Waals surface area contributed by atoms with E-state index in [1.807, 2.05) is 42.3 Å². The van der Waals surface area contributed by atoms with Gasteiger partial charge in [0.05, 0.1) is 0 Å². The molecule has 2 aromatic carbocycles. The molecule has 1 saturated heterocycles. The van der Waals surface area contributed by atoms with Crippen molar-refractivity contribution >= 4 is 29.1 Å². The summed E-state index contributed by atoms with van der Waals surface area (Å²) in [6.45, 7) is 2.75. The van der Waals surface area contributed by atoms with Crippen molar-refractivity contribution in [2.45, 2.75) is 12.8 Å². The molecule has 1 aliphatic rings. The third-order valence-corrected chi connectivity index (χ3v) is 4.47. The van der Waals surface area contributed by atoms with Crippen molar-refractivity contribution in [2.75, 3.05) is 33.3 Å². The number of piperidine rings is 1. The van der Waals surface area contributed by atoms with Crippen LogP contribution in [0.1, 0.15) is 12.8 Å². The Bertz CT molecular complexity index is 670. The quantitative estimate of drug-likeness (QED) is 0.902. The standard InChI is InChI=1S/C19H24N2O2.ClH/c1-20-12-15-6-5-11-21(13-15)19(22)14-23-18-10-4-8-16-7-2-3-9-17(16)18;/h2-4,7-10,15,20H,5-6,11-14H2,1H3;1H. The molecule has 5 heteroatoms. The minimum absolute atomic E-state index is 0. The summed E-state index contributed by atoms with van der Waals surface area (Å²) in [4.78, 5) is 14.4. The normalized spacial score (nSPS) is 17.4. The van der Waals surface area contributed by atoms with E-state index in [9.17, 15) is 4.79 Å². The molecular weight excluding hydrogens is 324 g/mol. The number of nitrogens with zero attached hydrogens (tertiary/aromatic N) is 1. The van der Waals surface area contributed by atoms with Gasteiger partial charge in [0.15, 0.2) is 6.61 Å². The van der Waals surface area contributed by atoms with E-state index < -0.39 is 0 Å². The lowest BCUT2D eigenvalue weighted by atomic mass is 9.98. The van der Waals surface area contributed by atoms with E-state index in [4.69, 9.17) is 4.74 Å². The van der Waals surface area contributed by atoms with Gasteiger partial charge in [0, 0.05) is 18.5 Å². The molecule has 3 rings (SSSR count). The lowest BCUT2D eigenvalue weighted by molar-refractivity contribution is -0.135. The van der Waals surface area contributed by atoms with Crippen LogP contribution in [0.5, 0.6) is 5.75 Å². The van der Waals surface area contributed by atoms with Crippen LogP contribution >= 0.6 is 12.4 Å². The van der Waals surface area contributed by atoms with Gasteiger partial charge < -0.3 is 15.0 Å². The van der Waals surface area contributed by atoms with E-state index in [1.165, 1.54) is 6.42 Å². The smallest absolute Gasteiger partial charge is 0.260 e. The van der Waals surface area contributed by atoms with Crippen LogP contribution in [0.25, 0.3) is 10.8 Å². The highest BCUT2D eigenvalue weighted by Gasteiger charge is 2.23. The Morgan fingerprint density at radius 1 is 1.25 bits per heavy atom. The minimum Gasteiger partial charge on any atom is -0.483 e. The van der Waals surface area contributed by atoms with E-state index in [-0.39, 0.29) is 24.9 Å². The van der Waals surface area contributed by atoms with Crippen LogP contribution in [0.4, 0.5) is 0 Å². The summed E-state index contributed by atoms with van der Waals surface area (Å²) in [5, 5.41) is 5.39. The average molecular weight is 349 g/mol. The first kappa shape index (κ1) is 18.6. The summed E-state index contributed by atoms with van der Waals surface area (Å²) < 4.78 is 5.82. The highest BCUT2D eigenvalue weighted by Crippen LogP contribution is 2.25. The molecule has 1 fully saturated rings. The minimum atomic E-state index is 0. The monoisotopic (exact) mass is 348 g/mol. The number of benzene rings is 2. The van der Waals surface area contributed by atoms with Gasteiger partial charge >= 0.3 is 0 Å².